The van der Waals surface area contributed by atoms with Crippen LogP contribution < -0.4 is 0 Å². The molecule has 5 rings (SSSR count). The molecule has 1 amide bonds. The zero-order chi connectivity index (χ0) is 19.0. The van der Waals surface area contributed by atoms with Crippen molar-refractivity contribution < 1.29 is 19.0 Å². The van der Waals surface area contributed by atoms with Crippen LogP contribution in [0.15, 0.2) is 42.7 Å². The summed E-state index contributed by atoms with van der Waals surface area (Å²) in [5, 5.41) is 0. The Labute approximate surface area is 164 Å². The molecule has 28 heavy (non-hydrogen) atoms. The molecule has 1 aromatic heterocycles. The molecule has 0 N–H and O–H groups in total. The fourth-order valence-corrected chi connectivity index (χ4v) is 4.32. The molecule has 0 saturated carbocycles. The van der Waals surface area contributed by atoms with E-state index in [2.05, 4.69) is 4.98 Å². The van der Waals surface area contributed by atoms with Crippen LogP contribution in [0.2, 0.25) is 0 Å². The predicted octanol–water partition coefficient (Wildman–Crippen LogP) is 2.70. The summed E-state index contributed by atoms with van der Waals surface area (Å²) in [4.78, 5) is 18.7. The number of rotatable bonds is 4. The van der Waals surface area contributed by atoms with Gasteiger partial charge in [0.2, 0.25) is 0 Å². The number of fused-ring (bicyclic) bond motifs is 1. The number of hydrogen-bond donors (Lipinski definition) is 0. The van der Waals surface area contributed by atoms with Crippen molar-refractivity contribution in [3.63, 3.8) is 0 Å². The average Bonchev–Trinajstić information content (AvgIpc) is 3.19. The topological polar surface area (TPSA) is 60.9 Å². The van der Waals surface area contributed by atoms with Crippen molar-refractivity contribution in [3.05, 3.63) is 65.0 Å². The number of carbonyl (C=O) groups is 1. The largest absolute Gasteiger partial charge is 0.373 e. The fraction of sp³-hybridized carbons (Fsp3) is 0.455. The second-order valence-corrected chi connectivity index (χ2v) is 7.95. The first-order valence-electron chi connectivity index (χ1n) is 9.84. The van der Waals surface area contributed by atoms with Gasteiger partial charge in [0.1, 0.15) is 5.60 Å². The number of aromatic nitrogens is 1. The van der Waals surface area contributed by atoms with Crippen LogP contribution in [0, 0.1) is 0 Å². The maximum absolute atomic E-state index is 12.8. The third kappa shape index (κ3) is 3.43. The molecule has 1 atom stereocenters. The normalized spacial score (nSPS) is 22.7. The van der Waals surface area contributed by atoms with Crippen LogP contribution in [0.1, 0.15) is 39.9 Å². The Morgan fingerprint density at radius 1 is 1.18 bits per heavy atom. The van der Waals surface area contributed by atoms with Gasteiger partial charge >= 0.3 is 0 Å². The molecule has 0 aliphatic carbocycles. The number of amides is 1. The highest BCUT2D eigenvalue weighted by Crippen LogP contribution is 2.36. The van der Waals surface area contributed by atoms with Crippen LogP contribution in [-0.2, 0) is 34.0 Å². The number of benzene rings is 1. The summed E-state index contributed by atoms with van der Waals surface area (Å²) in [5.74, 6) is 0.0729. The highest BCUT2D eigenvalue weighted by Gasteiger charge is 2.49. The summed E-state index contributed by atoms with van der Waals surface area (Å²) in [6.07, 6.45) is 5.46. The van der Waals surface area contributed by atoms with Gasteiger partial charge < -0.3 is 19.1 Å². The monoisotopic (exact) mass is 380 g/mol. The van der Waals surface area contributed by atoms with Gasteiger partial charge in [-0.25, -0.2) is 0 Å². The van der Waals surface area contributed by atoms with Crippen LogP contribution in [0.4, 0.5) is 0 Å². The zero-order valence-electron chi connectivity index (χ0n) is 15.8. The highest BCUT2D eigenvalue weighted by molar-refractivity contribution is 5.95. The maximum Gasteiger partial charge on any atom is 0.254 e. The first kappa shape index (κ1) is 17.8. The minimum Gasteiger partial charge on any atom is -0.373 e. The van der Waals surface area contributed by atoms with E-state index in [1.165, 1.54) is 5.56 Å². The number of ether oxygens (including phenoxy) is 3. The molecule has 6 heteroatoms. The average molecular weight is 380 g/mol. The third-order valence-electron chi connectivity index (χ3n) is 5.90. The van der Waals surface area contributed by atoms with Crippen molar-refractivity contribution in [2.45, 2.75) is 44.4 Å². The lowest BCUT2D eigenvalue weighted by Crippen LogP contribution is -2.67. The number of carbonyl (C=O) groups excluding carboxylic acids is 1. The van der Waals surface area contributed by atoms with Gasteiger partial charge in [-0.15, -0.1) is 0 Å². The Bertz CT molecular complexity index is 864. The van der Waals surface area contributed by atoms with E-state index in [4.69, 9.17) is 14.2 Å². The van der Waals surface area contributed by atoms with Gasteiger partial charge in [0, 0.05) is 31.0 Å². The van der Waals surface area contributed by atoms with Crippen molar-refractivity contribution in [1.29, 1.82) is 0 Å². The summed E-state index contributed by atoms with van der Waals surface area (Å²) in [7, 11) is 0. The minimum absolute atomic E-state index is 0.0729. The molecule has 6 nitrogen and oxygen atoms in total. The Morgan fingerprint density at radius 2 is 2.00 bits per heavy atom. The second-order valence-electron chi connectivity index (χ2n) is 7.95. The van der Waals surface area contributed by atoms with Gasteiger partial charge in [0.05, 0.1) is 39.0 Å². The van der Waals surface area contributed by atoms with Gasteiger partial charge in [-0.2, -0.15) is 0 Å². The van der Waals surface area contributed by atoms with E-state index in [0.29, 0.717) is 39.5 Å². The molecule has 146 valence electrons. The molecular weight excluding hydrogens is 356 g/mol. The molecular formula is C22H24N2O4. The molecule has 0 radical (unpaired) electrons. The number of nitrogens with zero attached hydrogens (tertiary/aromatic N) is 2. The number of likely N-dealkylation sites (tertiary alicyclic amines) is 1. The van der Waals surface area contributed by atoms with Gasteiger partial charge in [0.25, 0.3) is 5.91 Å². The fourth-order valence-electron chi connectivity index (χ4n) is 4.32. The summed E-state index contributed by atoms with van der Waals surface area (Å²) in [6.45, 7) is 3.77. The Balaban J connectivity index is 1.17. The quantitative estimate of drug-likeness (QED) is 0.816. The van der Waals surface area contributed by atoms with Crippen LogP contribution in [0.3, 0.4) is 0 Å². The first-order valence-corrected chi connectivity index (χ1v) is 9.84. The summed E-state index contributed by atoms with van der Waals surface area (Å²) < 4.78 is 17.6. The van der Waals surface area contributed by atoms with E-state index < -0.39 is 0 Å². The van der Waals surface area contributed by atoms with Crippen LogP contribution >= 0.6 is 0 Å². The van der Waals surface area contributed by atoms with E-state index >= 15 is 0 Å². The van der Waals surface area contributed by atoms with Crippen molar-refractivity contribution in [3.8, 4) is 0 Å². The van der Waals surface area contributed by atoms with Gasteiger partial charge in [-0.05, 0) is 47.4 Å². The SMILES string of the molecule is O=C(c1ccc2c(c1)COC2)N1CC2(C[C@H](OCc3ccncc3)CCO2)C1. The predicted molar refractivity (Wildman–Crippen MR) is 102 cm³/mol. The molecule has 0 unspecified atom stereocenters. The lowest BCUT2D eigenvalue weighted by Gasteiger charge is -2.53. The van der Waals surface area contributed by atoms with Crippen molar-refractivity contribution >= 4 is 5.91 Å². The van der Waals surface area contributed by atoms with Gasteiger partial charge in [-0.1, -0.05) is 6.07 Å². The third-order valence-corrected chi connectivity index (χ3v) is 5.90. The van der Waals surface area contributed by atoms with Gasteiger partial charge in [-0.3, -0.25) is 9.78 Å². The number of pyridine rings is 1. The molecule has 2 fully saturated rings. The molecule has 1 aromatic carbocycles. The molecule has 3 aliphatic heterocycles. The van der Waals surface area contributed by atoms with Crippen LogP contribution in [0.25, 0.3) is 0 Å². The molecule has 2 saturated heterocycles. The Hall–Kier alpha value is -2.28. The second kappa shape index (κ2) is 7.28. The number of hydrogen-bond acceptors (Lipinski definition) is 5. The van der Waals surface area contributed by atoms with Gasteiger partial charge in [0.15, 0.2) is 0 Å². The van der Waals surface area contributed by atoms with Crippen LogP contribution in [-0.4, -0.2) is 47.2 Å². The van der Waals surface area contributed by atoms with E-state index in [0.717, 1.165) is 29.5 Å². The Kier molecular flexibility index (Phi) is 4.62. The smallest absolute Gasteiger partial charge is 0.254 e. The lowest BCUT2D eigenvalue weighted by molar-refractivity contribution is -0.188. The molecule has 1 spiro atoms. The summed E-state index contributed by atoms with van der Waals surface area (Å²) >= 11 is 0. The van der Waals surface area contributed by atoms with Crippen LogP contribution in [0.5, 0.6) is 0 Å². The van der Waals surface area contributed by atoms with Crippen molar-refractivity contribution in [2.75, 3.05) is 19.7 Å². The van der Waals surface area contributed by atoms with E-state index in [9.17, 15) is 4.79 Å². The lowest BCUT2D eigenvalue weighted by atomic mass is 9.84. The zero-order valence-corrected chi connectivity index (χ0v) is 15.8. The molecule has 2 aromatic rings. The standard InChI is InChI=1S/C22H24N2O4/c25-21(17-1-2-18-12-26-13-19(18)9-17)24-14-22(15-24)10-20(5-8-28-22)27-11-16-3-6-23-7-4-16/h1-4,6-7,9,20H,5,8,10-15H2/t20-/m1/s1. The molecule has 0 bridgehead atoms. The minimum atomic E-state index is -0.253. The molecule has 3 aliphatic rings. The maximum atomic E-state index is 12.8. The van der Waals surface area contributed by atoms with Crippen molar-refractivity contribution in [1.82, 2.24) is 9.88 Å². The first-order chi connectivity index (χ1) is 13.7. The summed E-state index contributed by atoms with van der Waals surface area (Å²) in [5.41, 5.74) is 3.92. The van der Waals surface area contributed by atoms with E-state index in [1.807, 2.05) is 35.2 Å². The summed E-state index contributed by atoms with van der Waals surface area (Å²) in [6, 6.07) is 9.83. The van der Waals surface area contributed by atoms with Crippen molar-refractivity contribution in [2.24, 2.45) is 0 Å². The van der Waals surface area contributed by atoms with E-state index in [1.54, 1.807) is 12.4 Å². The van der Waals surface area contributed by atoms with E-state index in [-0.39, 0.29) is 17.6 Å². The highest BCUT2D eigenvalue weighted by atomic mass is 16.5. The Morgan fingerprint density at radius 3 is 2.86 bits per heavy atom. The molecule has 4 heterocycles.